The Balaban J connectivity index is 1.48. The molecular formula is C17H21N5O3S. The number of rotatable bonds is 5. The van der Waals surface area contributed by atoms with E-state index in [0.29, 0.717) is 29.8 Å². The van der Waals surface area contributed by atoms with E-state index in [2.05, 4.69) is 20.2 Å². The maximum atomic E-state index is 12.8. The lowest BCUT2D eigenvalue weighted by molar-refractivity contribution is 0.0782. The number of carbonyl (C=O) groups excluding carboxylic acids is 1. The highest BCUT2D eigenvalue weighted by atomic mass is 32.2. The summed E-state index contributed by atoms with van der Waals surface area (Å²) in [5, 5.41) is 9.90. The van der Waals surface area contributed by atoms with E-state index in [1.54, 1.807) is 24.4 Å². The number of H-pyrrole nitrogens is 1. The van der Waals surface area contributed by atoms with Crippen molar-refractivity contribution in [1.29, 1.82) is 0 Å². The second-order valence-electron chi connectivity index (χ2n) is 6.75. The van der Waals surface area contributed by atoms with Gasteiger partial charge in [-0.2, -0.15) is 5.10 Å². The molecule has 3 N–H and O–H groups in total. The fourth-order valence-corrected chi connectivity index (χ4v) is 4.69. The first-order valence-corrected chi connectivity index (χ1v) is 10.1. The van der Waals surface area contributed by atoms with Crippen LogP contribution in [0.4, 0.5) is 0 Å². The first-order chi connectivity index (χ1) is 12.5. The molecule has 0 spiro atoms. The highest BCUT2D eigenvalue weighted by Gasteiger charge is 2.38. The number of likely N-dealkylation sites (tertiary alicyclic amines) is 1. The Kier molecular flexibility index (Phi) is 4.51. The Labute approximate surface area is 152 Å². The van der Waals surface area contributed by atoms with Crippen LogP contribution in [0.5, 0.6) is 0 Å². The Morgan fingerprint density at radius 3 is 2.96 bits per heavy atom. The molecule has 4 rings (SSSR count). The molecule has 1 amide bonds. The SMILES string of the molecule is O=C(c1cccc(S(=O)(=O)NCc2ccn[nH]2)c1)N1C[C@H]2CCN[C@H]2C1. The zero-order valence-corrected chi connectivity index (χ0v) is 15.0. The quantitative estimate of drug-likeness (QED) is 0.698. The first kappa shape index (κ1) is 17.2. The topological polar surface area (TPSA) is 107 Å². The third-order valence-corrected chi connectivity index (χ3v) is 6.45. The van der Waals surface area contributed by atoms with Crippen molar-refractivity contribution >= 4 is 15.9 Å². The monoisotopic (exact) mass is 375 g/mol. The molecular weight excluding hydrogens is 354 g/mol. The van der Waals surface area contributed by atoms with Crippen LogP contribution in [0, 0.1) is 5.92 Å². The maximum Gasteiger partial charge on any atom is 0.253 e. The van der Waals surface area contributed by atoms with Gasteiger partial charge in [0.1, 0.15) is 0 Å². The van der Waals surface area contributed by atoms with Gasteiger partial charge in [0.2, 0.25) is 10.0 Å². The van der Waals surface area contributed by atoms with Gasteiger partial charge in [0, 0.05) is 30.9 Å². The van der Waals surface area contributed by atoms with Crippen LogP contribution in [0.15, 0.2) is 41.4 Å². The van der Waals surface area contributed by atoms with Crippen molar-refractivity contribution in [2.75, 3.05) is 19.6 Å². The van der Waals surface area contributed by atoms with Gasteiger partial charge in [0.05, 0.1) is 17.1 Å². The van der Waals surface area contributed by atoms with E-state index in [-0.39, 0.29) is 17.3 Å². The lowest BCUT2D eigenvalue weighted by Crippen LogP contribution is -2.34. The van der Waals surface area contributed by atoms with Crippen molar-refractivity contribution in [2.24, 2.45) is 5.92 Å². The van der Waals surface area contributed by atoms with E-state index < -0.39 is 10.0 Å². The minimum absolute atomic E-state index is 0.0837. The highest BCUT2D eigenvalue weighted by Crippen LogP contribution is 2.26. The van der Waals surface area contributed by atoms with Crippen LogP contribution < -0.4 is 10.0 Å². The van der Waals surface area contributed by atoms with Crippen LogP contribution in [0.25, 0.3) is 0 Å². The van der Waals surface area contributed by atoms with Gasteiger partial charge < -0.3 is 10.2 Å². The molecule has 0 unspecified atom stereocenters. The van der Waals surface area contributed by atoms with Gasteiger partial charge in [-0.1, -0.05) is 6.07 Å². The molecule has 2 aliphatic heterocycles. The lowest BCUT2D eigenvalue weighted by Gasteiger charge is -2.18. The molecule has 3 heterocycles. The van der Waals surface area contributed by atoms with Gasteiger partial charge in [-0.3, -0.25) is 9.89 Å². The number of benzene rings is 1. The molecule has 0 saturated carbocycles. The minimum Gasteiger partial charge on any atom is -0.337 e. The third-order valence-electron chi connectivity index (χ3n) is 5.05. The molecule has 2 atom stereocenters. The van der Waals surface area contributed by atoms with Crippen molar-refractivity contribution in [3.63, 3.8) is 0 Å². The number of amides is 1. The second-order valence-corrected chi connectivity index (χ2v) is 8.52. The van der Waals surface area contributed by atoms with Crippen molar-refractivity contribution in [3.8, 4) is 0 Å². The second kappa shape index (κ2) is 6.82. The summed E-state index contributed by atoms with van der Waals surface area (Å²) in [5.74, 6) is 0.383. The smallest absolute Gasteiger partial charge is 0.253 e. The normalized spacial score (nSPS) is 22.5. The number of sulfonamides is 1. The predicted molar refractivity (Wildman–Crippen MR) is 94.9 cm³/mol. The summed E-state index contributed by atoms with van der Waals surface area (Å²) < 4.78 is 27.5. The maximum absolute atomic E-state index is 12.8. The fourth-order valence-electron chi connectivity index (χ4n) is 3.63. The predicted octanol–water partition coefficient (Wildman–Crippen LogP) is 0.322. The van der Waals surface area contributed by atoms with Crippen molar-refractivity contribution in [3.05, 3.63) is 47.8 Å². The standard InChI is InChI=1S/C17H21N5O3S/c23-17(22-10-13-4-6-18-16(13)11-22)12-2-1-3-15(8-12)26(24,25)20-9-14-5-7-19-21-14/h1-3,5,7-8,13,16,18,20H,4,6,9-11H2,(H,19,21)/t13-,16+/m1/s1. The molecule has 2 saturated heterocycles. The van der Waals surface area contributed by atoms with Gasteiger partial charge >= 0.3 is 0 Å². The summed E-state index contributed by atoms with van der Waals surface area (Å²) in [4.78, 5) is 14.7. The van der Waals surface area contributed by atoms with E-state index in [0.717, 1.165) is 19.5 Å². The number of fused-ring (bicyclic) bond motifs is 1. The number of nitrogens with one attached hydrogen (secondary N) is 3. The number of carbonyl (C=O) groups is 1. The lowest BCUT2D eigenvalue weighted by atomic mass is 10.1. The molecule has 2 fully saturated rings. The zero-order valence-electron chi connectivity index (χ0n) is 14.2. The number of aromatic amines is 1. The highest BCUT2D eigenvalue weighted by molar-refractivity contribution is 7.89. The van der Waals surface area contributed by atoms with Gasteiger partial charge in [-0.15, -0.1) is 0 Å². The number of hydrogen-bond donors (Lipinski definition) is 3. The molecule has 138 valence electrons. The molecule has 8 nitrogen and oxygen atoms in total. The van der Waals surface area contributed by atoms with Crippen LogP contribution in [0.2, 0.25) is 0 Å². The van der Waals surface area contributed by atoms with E-state index in [4.69, 9.17) is 0 Å². The van der Waals surface area contributed by atoms with Crippen LogP contribution in [0.3, 0.4) is 0 Å². The van der Waals surface area contributed by atoms with Crippen molar-refractivity contribution in [1.82, 2.24) is 25.1 Å². The average Bonchev–Trinajstić information content (AvgIpc) is 3.36. The van der Waals surface area contributed by atoms with Gasteiger partial charge in [-0.25, -0.2) is 13.1 Å². The molecule has 2 aliphatic rings. The fraction of sp³-hybridized carbons (Fsp3) is 0.412. The molecule has 0 radical (unpaired) electrons. The van der Waals surface area contributed by atoms with Crippen LogP contribution >= 0.6 is 0 Å². The molecule has 9 heteroatoms. The summed E-state index contributed by atoms with van der Waals surface area (Å²) in [6.07, 6.45) is 2.64. The molecule has 0 aliphatic carbocycles. The van der Waals surface area contributed by atoms with E-state index in [9.17, 15) is 13.2 Å². The van der Waals surface area contributed by atoms with Crippen molar-refractivity contribution < 1.29 is 13.2 Å². The minimum atomic E-state index is -3.71. The zero-order chi connectivity index (χ0) is 18.1. The van der Waals surface area contributed by atoms with Crippen LogP contribution in [-0.2, 0) is 16.6 Å². The van der Waals surface area contributed by atoms with Gasteiger partial charge in [-0.05, 0) is 43.1 Å². The molecule has 0 bridgehead atoms. The Morgan fingerprint density at radius 2 is 2.19 bits per heavy atom. The third kappa shape index (κ3) is 3.37. The van der Waals surface area contributed by atoms with E-state index in [1.807, 2.05) is 4.90 Å². The van der Waals surface area contributed by atoms with E-state index >= 15 is 0 Å². The van der Waals surface area contributed by atoms with E-state index in [1.165, 1.54) is 12.1 Å². The number of hydrogen-bond acceptors (Lipinski definition) is 5. The molecule has 1 aromatic heterocycles. The van der Waals surface area contributed by atoms with Gasteiger partial charge in [0.25, 0.3) is 5.91 Å². The largest absolute Gasteiger partial charge is 0.337 e. The Hall–Kier alpha value is -2.23. The summed E-state index contributed by atoms with van der Waals surface area (Å²) in [6.45, 7) is 2.53. The molecule has 26 heavy (non-hydrogen) atoms. The first-order valence-electron chi connectivity index (χ1n) is 8.63. The summed E-state index contributed by atoms with van der Waals surface area (Å²) in [5.41, 5.74) is 1.06. The summed E-state index contributed by atoms with van der Waals surface area (Å²) >= 11 is 0. The average molecular weight is 375 g/mol. The number of nitrogens with zero attached hydrogens (tertiary/aromatic N) is 2. The Morgan fingerprint density at radius 1 is 1.31 bits per heavy atom. The summed E-state index contributed by atoms with van der Waals surface area (Å²) in [6, 6.07) is 8.26. The number of aromatic nitrogens is 2. The molecule has 1 aromatic carbocycles. The van der Waals surface area contributed by atoms with Crippen LogP contribution in [0.1, 0.15) is 22.5 Å². The Bertz CT molecular complexity index is 885. The molecule has 2 aromatic rings. The van der Waals surface area contributed by atoms with Gasteiger partial charge in [0.15, 0.2) is 0 Å². The van der Waals surface area contributed by atoms with Crippen LogP contribution in [-0.4, -0.2) is 55.1 Å². The summed E-state index contributed by atoms with van der Waals surface area (Å²) in [7, 11) is -3.71. The van der Waals surface area contributed by atoms with Crippen molar-refractivity contribution in [2.45, 2.75) is 23.9 Å².